The average Bonchev–Trinajstić information content (AvgIpc) is 3.74. The van der Waals surface area contributed by atoms with E-state index >= 15 is 0 Å². The SMILES string of the molecule is CCCCC[SiH]=[Hf]([Cl])([Cl])([CH]1C(C)=Cc2c(C3CC3)cccc21)[CH]1C(C)=Cc2c(C3CC3)cccc21. The first-order chi connectivity index (χ1) is 16.8. The monoisotopic (exact) mass is 688 g/mol. The molecule has 2 saturated carbocycles. The van der Waals surface area contributed by atoms with Crippen molar-refractivity contribution in [2.24, 2.45) is 0 Å². The number of fused-ring (bicyclic) bond motifs is 2. The van der Waals surface area contributed by atoms with Gasteiger partial charge in [0.25, 0.3) is 0 Å². The fourth-order valence-corrected chi connectivity index (χ4v) is 58.2. The normalized spacial score (nSPS) is 23.6. The van der Waals surface area contributed by atoms with Gasteiger partial charge >= 0.3 is 222 Å². The second-order valence-electron chi connectivity index (χ2n) is 11.8. The minimum absolute atomic E-state index is 0.0163. The molecule has 2 unspecified atom stereocenters. The zero-order valence-corrected chi connectivity index (χ0v) is 27.7. The van der Waals surface area contributed by atoms with Crippen molar-refractivity contribution >= 4 is 35.5 Å². The van der Waals surface area contributed by atoms with Crippen LogP contribution in [0.5, 0.6) is 0 Å². The van der Waals surface area contributed by atoms with Crippen LogP contribution in [0.3, 0.4) is 0 Å². The molecule has 4 aliphatic carbocycles. The molecule has 0 radical (unpaired) electrons. The molecule has 0 aromatic heterocycles. The summed E-state index contributed by atoms with van der Waals surface area (Å²) < 4.78 is 0.508. The van der Waals surface area contributed by atoms with E-state index in [1.165, 1.54) is 84.4 Å². The molecule has 2 aromatic rings. The Hall–Kier alpha value is -0.413. The van der Waals surface area contributed by atoms with E-state index in [2.05, 4.69) is 69.3 Å². The summed E-state index contributed by atoms with van der Waals surface area (Å²) in [5.41, 5.74) is 11.9. The van der Waals surface area contributed by atoms with Crippen LogP contribution in [0.4, 0.5) is 0 Å². The van der Waals surface area contributed by atoms with Crippen LogP contribution >= 0.6 is 17.2 Å². The van der Waals surface area contributed by atoms with Crippen LogP contribution in [0.2, 0.25) is 6.04 Å². The second-order valence-corrected chi connectivity index (χ2v) is 61.7. The molecule has 35 heavy (non-hydrogen) atoms. The Labute approximate surface area is 220 Å². The van der Waals surface area contributed by atoms with Gasteiger partial charge in [-0.25, -0.2) is 0 Å². The molecule has 0 bridgehead atoms. The molecule has 4 aliphatic rings. The summed E-state index contributed by atoms with van der Waals surface area (Å²) in [5, 5.41) is 0. The summed E-state index contributed by atoms with van der Waals surface area (Å²) in [6.07, 6.45) is 14.1. The topological polar surface area (TPSA) is 0 Å². The van der Waals surface area contributed by atoms with Crippen molar-refractivity contribution in [1.29, 1.82) is 0 Å². The van der Waals surface area contributed by atoms with Crippen molar-refractivity contribution in [3.05, 3.63) is 80.9 Å². The van der Waals surface area contributed by atoms with Crippen molar-refractivity contribution < 1.29 is 14.8 Å². The third-order valence-corrected chi connectivity index (χ3v) is 55.7. The number of rotatable bonds is 8. The summed E-state index contributed by atoms with van der Waals surface area (Å²) in [7, 11) is 16.7. The Kier molecular flexibility index (Phi) is 6.48. The van der Waals surface area contributed by atoms with Gasteiger partial charge in [-0.1, -0.05) is 0 Å². The van der Waals surface area contributed by atoms with Crippen molar-refractivity contribution in [3.8, 4) is 0 Å². The molecule has 4 heteroatoms. The van der Waals surface area contributed by atoms with E-state index in [4.69, 9.17) is 17.2 Å². The molecule has 0 aliphatic heterocycles. The van der Waals surface area contributed by atoms with E-state index in [9.17, 15) is 0 Å². The fraction of sp³-hybridized carbons (Fsp3) is 0.484. The van der Waals surface area contributed by atoms with Gasteiger partial charge in [-0.3, -0.25) is 0 Å². The Morgan fingerprint density at radius 2 is 1.20 bits per heavy atom. The average molecular weight is 688 g/mol. The summed E-state index contributed by atoms with van der Waals surface area (Å²) in [6.45, 7) is 6.97. The van der Waals surface area contributed by atoms with Crippen LogP contribution < -0.4 is 0 Å². The van der Waals surface area contributed by atoms with E-state index in [1.54, 1.807) is 11.1 Å². The maximum absolute atomic E-state index is 8.37. The van der Waals surface area contributed by atoms with Crippen LogP contribution in [0.25, 0.3) is 12.2 Å². The van der Waals surface area contributed by atoms with Crippen LogP contribution in [-0.2, 0) is 14.8 Å². The van der Waals surface area contributed by atoms with Crippen molar-refractivity contribution in [3.63, 3.8) is 0 Å². The molecular weight excluding hydrogens is 650 g/mol. The quantitative estimate of drug-likeness (QED) is 0.192. The number of benzene rings is 2. The van der Waals surface area contributed by atoms with Gasteiger partial charge in [0.15, 0.2) is 0 Å². The van der Waals surface area contributed by atoms with Gasteiger partial charge in [0, 0.05) is 0 Å². The number of hydrogen-bond acceptors (Lipinski definition) is 0. The zero-order valence-electron chi connectivity index (χ0n) is 21.4. The van der Waals surface area contributed by atoms with Gasteiger partial charge in [0.2, 0.25) is 0 Å². The van der Waals surface area contributed by atoms with E-state index in [-0.39, 0.29) is 13.6 Å². The number of halogens is 2. The van der Waals surface area contributed by atoms with Gasteiger partial charge < -0.3 is 0 Å². The molecule has 6 rings (SSSR count). The summed E-state index contributed by atoms with van der Waals surface area (Å²) in [4.78, 5) is 0. The molecule has 0 N–H and O–H groups in total. The Morgan fingerprint density at radius 3 is 1.63 bits per heavy atom. The Morgan fingerprint density at radius 1 is 0.743 bits per heavy atom. The van der Waals surface area contributed by atoms with E-state index in [1.807, 2.05) is 0 Å². The molecule has 2 fully saturated rings. The predicted molar refractivity (Wildman–Crippen MR) is 153 cm³/mol. The predicted octanol–water partition coefficient (Wildman–Crippen LogP) is 10.0. The van der Waals surface area contributed by atoms with Crippen LogP contribution in [0.15, 0.2) is 47.5 Å². The number of hydrogen-bond donors (Lipinski definition) is 0. The summed E-state index contributed by atoms with van der Waals surface area (Å²) in [5.74, 6) is 1.49. The van der Waals surface area contributed by atoms with Gasteiger partial charge in [-0.15, -0.1) is 0 Å². The fourth-order valence-electron chi connectivity index (χ4n) is 7.29. The van der Waals surface area contributed by atoms with Crippen LogP contribution in [0.1, 0.15) is 118 Å². The molecule has 0 spiro atoms. The van der Waals surface area contributed by atoms with E-state index < -0.39 is 14.8 Å². The van der Waals surface area contributed by atoms with E-state index in [0.29, 0.717) is 0 Å². The minimum atomic E-state index is -4.62. The zero-order chi connectivity index (χ0) is 24.4. The first-order valence-electron chi connectivity index (χ1n) is 13.9. The molecular formula is C31H38Cl2HfSi. The molecule has 0 saturated heterocycles. The third kappa shape index (κ3) is 4.18. The third-order valence-electron chi connectivity index (χ3n) is 9.10. The van der Waals surface area contributed by atoms with Crippen molar-refractivity contribution in [2.45, 2.75) is 90.9 Å². The molecule has 0 amide bonds. The molecule has 0 nitrogen and oxygen atoms in total. The number of allylic oxidation sites excluding steroid dienone is 2. The van der Waals surface area contributed by atoms with Crippen molar-refractivity contribution in [1.82, 2.24) is 0 Å². The second kappa shape index (κ2) is 9.11. The standard InChI is InChI=1S/2C13H13.C5H12Si.2ClH.Hf/c2*1-9-7-11-3-2-4-12(10-5-6-10)13(11)8-9;1-2-3-4-5-6;;;/h2*2-4,7-8,10H,5-6H2,1H3;6H,2-5H2,1H3;2*1H;/q;;;;;+2/p-2. The van der Waals surface area contributed by atoms with E-state index in [0.717, 1.165) is 11.8 Å². The van der Waals surface area contributed by atoms with Crippen molar-refractivity contribution in [2.75, 3.05) is 0 Å². The summed E-state index contributed by atoms with van der Waals surface area (Å²) in [6, 6.07) is 15.3. The van der Waals surface area contributed by atoms with Gasteiger partial charge in [-0.05, 0) is 0 Å². The van der Waals surface area contributed by atoms with Gasteiger partial charge in [0.1, 0.15) is 0 Å². The molecule has 2 atom stereocenters. The number of unbranched alkanes of at least 4 members (excludes halogenated alkanes) is 2. The first kappa shape index (κ1) is 24.9. The van der Waals surface area contributed by atoms with Gasteiger partial charge in [0.05, 0.1) is 0 Å². The van der Waals surface area contributed by atoms with Gasteiger partial charge in [-0.2, -0.15) is 0 Å². The Bertz CT molecular complexity index is 1230. The molecule has 184 valence electrons. The first-order valence-corrected chi connectivity index (χ1v) is 34.5. The maximum atomic E-state index is 8.37. The molecule has 0 heterocycles. The molecule has 2 aromatic carbocycles. The summed E-state index contributed by atoms with van der Waals surface area (Å²) >= 11 is -4.62. The van der Waals surface area contributed by atoms with Crippen LogP contribution in [0, 0.1) is 0 Å². The Balaban J connectivity index is 1.54. The van der Waals surface area contributed by atoms with Crippen LogP contribution in [-0.4, -0.2) is 6.22 Å².